The van der Waals surface area contributed by atoms with Crippen molar-refractivity contribution in [1.82, 2.24) is 0 Å². The third-order valence-corrected chi connectivity index (χ3v) is 3.44. The van der Waals surface area contributed by atoms with Gasteiger partial charge in [-0.25, -0.2) is 0 Å². The summed E-state index contributed by atoms with van der Waals surface area (Å²) in [4.78, 5) is 13.1. The van der Waals surface area contributed by atoms with Gasteiger partial charge in [-0.15, -0.1) is 0 Å². The number of benzene rings is 1. The third-order valence-electron chi connectivity index (χ3n) is 3.44. The topological polar surface area (TPSA) is 55.6 Å². The molecule has 0 bridgehead atoms. The van der Waals surface area contributed by atoms with Gasteiger partial charge in [0, 0.05) is 18.7 Å². The van der Waals surface area contributed by atoms with Crippen molar-refractivity contribution in [2.75, 3.05) is 18.0 Å². The van der Waals surface area contributed by atoms with Crippen LogP contribution in [0.1, 0.15) is 33.3 Å². The maximum absolute atomic E-state index is 11.4. The Labute approximate surface area is 119 Å². The first kappa shape index (κ1) is 14.8. The van der Waals surface area contributed by atoms with Crippen LogP contribution in [-0.2, 0) is 4.74 Å². The predicted molar refractivity (Wildman–Crippen MR) is 79.3 cm³/mol. The van der Waals surface area contributed by atoms with Crippen LogP contribution in [0.5, 0.6) is 0 Å². The van der Waals surface area contributed by atoms with E-state index in [0.29, 0.717) is 24.3 Å². The number of rotatable bonds is 2. The highest BCUT2D eigenvalue weighted by atomic mass is 16.6. The summed E-state index contributed by atoms with van der Waals surface area (Å²) in [5.74, 6) is 0. The van der Waals surface area contributed by atoms with E-state index in [2.05, 4.69) is 4.90 Å². The Kier molecular flexibility index (Phi) is 3.50. The Morgan fingerprint density at radius 2 is 1.75 bits per heavy atom. The van der Waals surface area contributed by atoms with Crippen molar-refractivity contribution < 1.29 is 9.66 Å². The van der Waals surface area contributed by atoms with Gasteiger partial charge >= 0.3 is 0 Å². The molecule has 1 aromatic rings. The molecule has 1 saturated heterocycles. The van der Waals surface area contributed by atoms with Gasteiger partial charge in [0.15, 0.2) is 0 Å². The lowest BCUT2D eigenvalue weighted by atomic mass is 9.97. The molecule has 0 aliphatic carbocycles. The Morgan fingerprint density at radius 1 is 1.20 bits per heavy atom. The number of morpholine rings is 1. The Bertz CT molecular complexity index is 522. The molecule has 0 amide bonds. The monoisotopic (exact) mass is 278 g/mol. The molecule has 0 spiro atoms. The molecule has 1 aromatic carbocycles. The molecule has 0 aromatic heterocycles. The van der Waals surface area contributed by atoms with E-state index < -0.39 is 0 Å². The van der Waals surface area contributed by atoms with Gasteiger partial charge in [-0.05, 0) is 40.7 Å². The summed E-state index contributed by atoms with van der Waals surface area (Å²) in [5, 5.41) is 11.4. The zero-order chi connectivity index (χ0) is 15.1. The molecule has 0 atom stereocenters. The van der Waals surface area contributed by atoms with E-state index in [1.807, 2.05) is 39.8 Å². The first-order valence-electron chi connectivity index (χ1n) is 6.80. The fraction of sp³-hybridized carbons (Fsp3) is 0.600. The van der Waals surface area contributed by atoms with E-state index in [1.54, 1.807) is 13.0 Å². The van der Waals surface area contributed by atoms with Crippen molar-refractivity contribution in [1.29, 1.82) is 0 Å². The predicted octanol–water partition coefficient (Wildman–Crippen LogP) is 3.30. The average Bonchev–Trinajstić information content (AvgIpc) is 2.23. The number of hydrogen-bond donors (Lipinski definition) is 0. The standard InChI is InChI=1S/C15H22N2O3/c1-11-7-6-8-12(13(11)17(18)19)16-9-14(2,3)20-15(4,5)10-16/h6-8H,9-10H2,1-5H3. The first-order valence-corrected chi connectivity index (χ1v) is 6.80. The second-order valence-corrected chi connectivity index (χ2v) is 6.68. The van der Waals surface area contributed by atoms with Crippen LogP contribution in [0.2, 0.25) is 0 Å². The Hall–Kier alpha value is -1.62. The van der Waals surface area contributed by atoms with E-state index >= 15 is 0 Å². The summed E-state index contributed by atoms with van der Waals surface area (Å²) in [6.45, 7) is 11.1. The first-order chi connectivity index (χ1) is 9.11. The van der Waals surface area contributed by atoms with Gasteiger partial charge in [-0.3, -0.25) is 10.1 Å². The molecule has 5 heteroatoms. The highest BCUT2D eigenvalue weighted by molar-refractivity contribution is 5.67. The van der Waals surface area contributed by atoms with Crippen LogP contribution >= 0.6 is 0 Å². The fourth-order valence-corrected chi connectivity index (χ4v) is 3.09. The van der Waals surface area contributed by atoms with Gasteiger partial charge in [-0.2, -0.15) is 0 Å². The summed E-state index contributed by atoms with van der Waals surface area (Å²) in [5.41, 5.74) is 0.897. The highest BCUT2D eigenvalue weighted by Gasteiger charge is 2.40. The summed E-state index contributed by atoms with van der Waals surface area (Å²) in [6, 6.07) is 5.47. The van der Waals surface area contributed by atoms with Crippen molar-refractivity contribution in [2.24, 2.45) is 0 Å². The second-order valence-electron chi connectivity index (χ2n) is 6.68. The number of para-hydroxylation sites is 1. The van der Waals surface area contributed by atoms with Crippen LogP contribution in [0.15, 0.2) is 18.2 Å². The number of nitrogens with zero attached hydrogens (tertiary/aromatic N) is 2. The normalized spacial score (nSPS) is 20.8. The highest BCUT2D eigenvalue weighted by Crippen LogP contribution is 2.37. The van der Waals surface area contributed by atoms with E-state index in [9.17, 15) is 10.1 Å². The van der Waals surface area contributed by atoms with Gasteiger partial charge < -0.3 is 9.64 Å². The van der Waals surface area contributed by atoms with E-state index in [-0.39, 0.29) is 21.8 Å². The van der Waals surface area contributed by atoms with Crippen LogP contribution in [-0.4, -0.2) is 29.2 Å². The van der Waals surface area contributed by atoms with Gasteiger partial charge in [-0.1, -0.05) is 12.1 Å². The average molecular weight is 278 g/mol. The Morgan fingerprint density at radius 3 is 2.25 bits per heavy atom. The molecule has 110 valence electrons. The smallest absolute Gasteiger partial charge is 0.295 e. The number of ether oxygens (including phenoxy) is 1. The van der Waals surface area contributed by atoms with Crippen LogP contribution in [0.4, 0.5) is 11.4 Å². The largest absolute Gasteiger partial charge is 0.366 e. The van der Waals surface area contributed by atoms with E-state index in [1.165, 1.54) is 0 Å². The van der Waals surface area contributed by atoms with Crippen molar-refractivity contribution in [3.8, 4) is 0 Å². The van der Waals surface area contributed by atoms with Crippen LogP contribution in [0.3, 0.4) is 0 Å². The number of nitro benzene ring substituents is 1. The van der Waals surface area contributed by atoms with E-state index in [4.69, 9.17) is 4.74 Å². The molecule has 0 saturated carbocycles. The molecule has 20 heavy (non-hydrogen) atoms. The van der Waals surface area contributed by atoms with Crippen molar-refractivity contribution in [3.05, 3.63) is 33.9 Å². The molecule has 1 fully saturated rings. The van der Waals surface area contributed by atoms with Gasteiger partial charge in [0.2, 0.25) is 0 Å². The maximum Gasteiger partial charge on any atom is 0.295 e. The second kappa shape index (κ2) is 4.74. The summed E-state index contributed by atoms with van der Waals surface area (Å²) in [7, 11) is 0. The van der Waals surface area contributed by atoms with Crippen molar-refractivity contribution >= 4 is 11.4 Å². The lowest BCUT2D eigenvalue weighted by Crippen LogP contribution is -2.57. The van der Waals surface area contributed by atoms with E-state index in [0.717, 1.165) is 0 Å². The van der Waals surface area contributed by atoms with Gasteiger partial charge in [0.25, 0.3) is 5.69 Å². The molecular formula is C15H22N2O3. The quantitative estimate of drug-likeness (QED) is 0.615. The van der Waals surface area contributed by atoms with Crippen LogP contribution in [0, 0.1) is 17.0 Å². The summed E-state index contributed by atoms with van der Waals surface area (Å²) < 4.78 is 6.03. The number of hydrogen-bond acceptors (Lipinski definition) is 4. The van der Waals surface area contributed by atoms with Gasteiger partial charge in [0.1, 0.15) is 5.69 Å². The minimum atomic E-state index is -0.334. The summed E-state index contributed by atoms with van der Waals surface area (Å²) in [6.07, 6.45) is 0. The zero-order valence-corrected chi connectivity index (χ0v) is 12.8. The molecule has 0 N–H and O–H groups in total. The molecule has 5 nitrogen and oxygen atoms in total. The molecule has 1 heterocycles. The molecule has 1 aliphatic rings. The zero-order valence-electron chi connectivity index (χ0n) is 12.8. The lowest BCUT2D eigenvalue weighted by Gasteiger charge is -2.47. The number of nitro groups is 1. The van der Waals surface area contributed by atoms with Crippen molar-refractivity contribution in [2.45, 2.75) is 45.8 Å². The lowest BCUT2D eigenvalue weighted by molar-refractivity contribution is -0.384. The molecule has 0 radical (unpaired) electrons. The Balaban J connectivity index is 2.46. The number of aryl methyl sites for hydroxylation is 1. The molecule has 2 rings (SSSR count). The minimum Gasteiger partial charge on any atom is -0.366 e. The molecule has 0 unspecified atom stereocenters. The third kappa shape index (κ3) is 2.93. The van der Waals surface area contributed by atoms with Crippen LogP contribution in [0.25, 0.3) is 0 Å². The SMILES string of the molecule is Cc1cccc(N2CC(C)(C)OC(C)(C)C2)c1[N+](=O)[O-]. The summed E-state index contributed by atoms with van der Waals surface area (Å²) >= 11 is 0. The fourth-order valence-electron chi connectivity index (χ4n) is 3.09. The van der Waals surface area contributed by atoms with Crippen LogP contribution < -0.4 is 4.90 Å². The van der Waals surface area contributed by atoms with Crippen molar-refractivity contribution in [3.63, 3.8) is 0 Å². The maximum atomic E-state index is 11.4. The number of anilines is 1. The van der Waals surface area contributed by atoms with Gasteiger partial charge in [0.05, 0.1) is 16.1 Å². The molecule has 1 aliphatic heterocycles. The minimum absolute atomic E-state index is 0.195. The molecular weight excluding hydrogens is 256 g/mol.